The fourth-order valence-corrected chi connectivity index (χ4v) is 2.94. The molecule has 0 bridgehead atoms. The van der Waals surface area contributed by atoms with Gasteiger partial charge in [-0.2, -0.15) is 0 Å². The van der Waals surface area contributed by atoms with Crippen LogP contribution >= 0.6 is 23.2 Å². The van der Waals surface area contributed by atoms with Crippen molar-refractivity contribution in [2.75, 3.05) is 32.8 Å². The van der Waals surface area contributed by atoms with Gasteiger partial charge in [0.25, 0.3) is 5.91 Å². The molecule has 1 aliphatic rings. The lowest BCUT2D eigenvalue weighted by atomic mass is 9.95. The zero-order chi connectivity index (χ0) is 24.1. The van der Waals surface area contributed by atoms with E-state index in [1.54, 1.807) is 12.1 Å². The Kier molecular flexibility index (Phi) is 12.3. The third-order valence-electron chi connectivity index (χ3n) is 4.02. The number of carbonyl (C=O) groups is 4. The normalized spacial score (nSPS) is 18.1. The van der Waals surface area contributed by atoms with Gasteiger partial charge in [-0.1, -0.05) is 29.3 Å². The average Bonchev–Trinajstić information content (AvgIpc) is 2.97. The van der Waals surface area contributed by atoms with E-state index in [9.17, 15) is 19.2 Å². The van der Waals surface area contributed by atoms with Crippen LogP contribution < -0.4 is 10.6 Å². The number of carbonyl (C=O) groups excluding carboxylic acids is 2. The molecule has 0 radical (unpaired) electrons. The van der Waals surface area contributed by atoms with Crippen molar-refractivity contribution in [2.24, 2.45) is 5.92 Å². The van der Waals surface area contributed by atoms with Gasteiger partial charge < -0.3 is 30.3 Å². The first-order valence-corrected chi connectivity index (χ1v) is 10.2. The predicted molar refractivity (Wildman–Crippen MR) is 116 cm³/mol. The fourth-order valence-electron chi connectivity index (χ4n) is 2.63. The number of halogens is 2. The van der Waals surface area contributed by atoms with E-state index in [0.29, 0.717) is 41.9 Å². The van der Waals surface area contributed by atoms with Gasteiger partial charge in [0.2, 0.25) is 0 Å². The van der Waals surface area contributed by atoms with Crippen molar-refractivity contribution in [3.05, 3.63) is 46.0 Å². The van der Waals surface area contributed by atoms with Gasteiger partial charge in [0.05, 0.1) is 22.8 Å². The molecule has 0 unspecified atom stereocenters. The van der Waals surface area contributed by atoms with Gasteiger partial charge in [-0.3, -0.25) is 9.59 Å². The second kappa shape index (κ2) is 14.4. The lowest BCUT2D eigenvalue weighted by molar-refractivity contribution is -0.146. The van der Waals surface area contributed by atoms with Gasteiger partial charge in [-0.05, 0) is 17.7 Å². The number of carboxylic acid groups (broad SMARTS) is 2. The van der Waals surface area contributed by atoms with Crippen LogP contribution in [0.25, 0.3) is 0 Å². The van der Waals surface area contributed by atoms with E-state index < -0.39 is 17.9 Å². The monoisotopic (exact) mass is 490 g/mol. The van der Waals surface area contributed by atoms with Crippen molar-refractivity contribution >= 4 is 47.0 Å². The molecule has 1 heterocycles. The van der Waals surface area contributed by atoms with E-state index in [-0.39, 0.29) is 24.5 Å². The molecular weight excluding hydrogens is 467 g/mol. The van der Waals surface area contributed by atoms with E-state index in [1.165, 1.54) is 6.92 Å². The van der Waals surface area contributed by atoms with Crippen LogP contribution in [-0.4, -0.2) is 66.9 Å². The Hall–Kier alpha value is -2.66. The Labute approximate surface area is 194 Å². The Bertz CT molecular complexity index is 831. The molecule has 2 rings (SSSR count). The molecule has 12 heteroatoms. The minimum absolute atomic E-state index is 0.00557. The minimum Gasteiger partial charge on any atom is -0.478 e. The van der Waals surface area contributed by atoms with Crippen molar-refractivity contribution < 1.29 is 38.9 Å². The second-order valence-corrected chi connectivity index (χ2v) is 7.34. The smallest absolute Gasteiger partial charge is 0.328 e. The van der Waals surface area contributed by atoms with Crippen LogP contribution in [0.3, 0.4) is 0 Å². The number of amides is 1. The van der Waals surface area contributed by atoms with Crippen molar-refractivity contribution in [1.29, 1.82) is 0 Å². The summed E-state index contributed by atoms with van der Waals surface area (Å²) in [5.41, 5.74) is 0.910. The fraction of sp³-hybridized carbons (Fsp3) is 0.400. The highest BCUT2D eigenvalue weighted by molar-refractivity contribution is 6.42. The molecule has 0 saturated carbocycles. The van der Waals surface area contributed by atoms with Crippen molar-refractivity contribution in [3.63, 3.8) is 0 Å². The highest BCUT2D eigenvalue weighted by Gasteiger charge is 2.27. The van der Waals surface area contributed by atoms with Crippen molar-refractivity contribution in [2.45, 2.75) is 13.0 Å². The number of ether oxygens (including phenoxy) is 2. The van der Waals surface area contributed by atoms with Gasteiger partial charge in [-0.25, -0.2) is 9.59 Å². The summed E-state index contributed by atoms with van der Waals surface area (Å²) in [4.78, 5) is 41.6. The molecular formula is C20H24Cl2N2O8. The molecule has 0 spiro atoms. The van der Waals surface area contributed by atoms with E-state index in [2.05, 4.69) is 15.4 Å². The first-order valence-electron chi connectivity index (χ1n) is 9.41. The minimum atomic E-state index is -1.26. The highest BCUT2D eigenvalue weighted by atomic mass is 35.5. The largest absolute Gasteiger partial charge is 0.478 e. The SMILES string of the molecule is CC(=O)OCC(=O)NC[C@@H]1CNCCO[C@H]1c1ccc(Cl)c(Cl)c1.O=C(O)/C=C/C(=O)O. The molecule has 1 aromatic carbocycles. The summed E-state index contributed by atoms with van der Waals surface area (Å²) in [5, 5.41) is 22.6. The van der Waals surface area contributed by atoms with Crippen LogP contribution in [0.1, 0.15) is 18.6 Å². The molecule has 4 N–H and O–H groups in total. The number of benzene rings is 1. The van der Waals surface area contributed by atoms with Crippen LogP contribution in [0.4, 0.5) is 0 Å². The molecule has 176 valence electrons. The Morgan fingerprint density at radius 1 is 1.19 bits per heavy atom. The quantitative estimate of drug-likeness (QED) is 0.330. The summed E-state index contributed by atoms with van der Waals surface area (Å²) in [7, 11) is 0. The topological polar surface area (TPSA) is 151 Å². The summed E-state index contributed by atoms with van der Waals surface area (Å²) in [6, 6.07) is 5.39. The average molecular weight is 491 g/mol. The number of nitrogens with one attached hydrogen (secondary N) is 2. The summed E-state index contributed by atoms with van der Waals surface area (Å²) in [5.74, 6) is -3.34. The molecule has 0 aromatic heterocycles. The van der Waals surface area contributed by atoms with Crippen LogP contribution in [0, 0.1) is 5.92 Å². The Morgan fingerprint density at radius 2 is 1.84 bits per heavy atom. The first kappa shape index (κ1) is 27.4. The van der Waals surface area contributed by atoms with Crippen LogP contribution in [0.15, 0.2) is 30.4 Å². The summed E-state index contributed by atoms with van der Waals surface area (Å²) < 4.78 is 10.6. The number of carboxylic acids is 2. The summed E-state index contributed by atoms with van der Waals surface area (Å²) in [6.07, 6.45) is 0.897. The lowest BCUT2D eigenvalue weighted by Gasteiger charge is -2.25. The predicted octanol–water partition coefficient (Wildman–Crippen LogP) is 1.66. The standard InChI is InChI=1S/C16H20Cl2N2O4.C4H4O4/c1-10(21)24-9-15(22)20-8-12-7-19-4-5-23-16(12)11-2-3-13(17)14(18)6-11;5-3(6)1-2-4(7)8/h2-3,6,12,16,19H,4-5,7-9H2,1H3,(H,20,22);1-2H,(H,5,6)(H,7,8)/b;2-1+/t12-,16-;/m0./s1. The van der Waals surface area contributed by atoms with Crippen LogP contribution in [0.5, 0.6) is 0 Å². The maximum Gasteiger partial charge on any atom is 0.328 e. The Balaban J connectivity index is 0.000000547. The second-order valence-electron chi connectivity index (χ2n) is 6.52. The van der Waals surface area contributed by atoms with Gasteiger partial charge in [0, 0.05) is 44.6 Å². The number of esters is 1. The highest BCUT2D eigenvalue weighted by Crippen LogP contribution is 2.31. The number of rotatable bonds is 7. The molecule has 0 aliphatic carbocycles. The van der Waals surface area contributed by atoms with Gasteiger partial charge in [0.15, 0.2) is 6.61 Å². The number of hydrogen-bond donors (Lipinski definition) is 4. The van der Waals surface area contributed by atoms with E-state index in [1.807, 2.05) is 6.07 Å². The number of hydrogen-bond acceptors (Lipinski definition) is 7. The maximum atomic E-state index is 11.7. The molecule has 32 heavy (non-hydrogen) atoms. The van der Waals surface area contributed by atoms with Crippen molar-refractivity contribution in [3.8, 4) is 0 Å². The molecule has 1 aliphatic heterocycles. The van der Waals surface area contributed by atoms with Crippen LogP contribution in [-0.2, 0) is 28.7 Å². The van der Waals surface area contributed by atoms with E-state index >= 15 is 0 Å². The number of aliphatic carboxylic acids is 2. The summed E-state index contributed by atoms with van der Waals surface area (Å²) >= 11 is 12.1. The first-order chi connectivity index (χ1) is 15.1. The molecule has 1 amide bonds. The third kappa shape index (κ3) is 11.1. The van der Waals surface area contributed by atoms with Gasteiger partial charge in [-0.15, -0.1) is 0 Å². The van der Waals surface area contributed by atoms with Crippen LogP contribution in [0.2, 0.25) is 10.0 Å². The molecule has 1 fully saturated rings. The third-order valence-corrected chi connectivity index (χ3v) is 4.76. The maximum absolute atomic E-state index is 11.7. The van der Waals surface area contributed by atoms with Crippen molar-refractivity contribution in [1.82, 2.24) is 10.6 Å². The molecule has 1 saturated heterocycles. The molecule has 10 nitrogen and oxygen atoms in total. The summed E-state index contributed by atoms with van der Waals surface area (Å²) in [6.45, 7) is 3.33. The Morgan fingerprint density at radius 3 is 2.41 bits per heavy atom. The lowest BCUT2D eigenvalue weighted by Crippen LogP contribution is -2.38. The molecule has 2 atom stereocenters. The zero-order valence-electron chi connectivity index (χ0n) is 17.2. The van der Waals surface area contributed by atoms with Gasteiger partial charge >= 0.3 is 17.9 Å². The van der Waals surface area contributed by atoms with E-state index in [0.717, 1.165) is 12.1 Å². The van der Waals surface area contributed by atoms with E-state index in [4.69, 9.17) is 38.2 Å². The molecule has 1 aromatic rings. The van der Waals surface area contributed by atoms with Gasteiger partial charge in [0.1, 0.15) is 0 Å². The zero-order valence-corrected chi connectivity index (χ0v) is 18.7.